The molecule has 0 aliphatic rings. The van der Waals surface area contributed by atoms with Gasteiger partial charge in [-0.3, -0.25) is 5.32 Å². The van der Waals surface area contributed by atoms with Crippen molar-refractivity contribution in [1.82, 2.24) is 9.97 Å². The van der Waals surface area contributed by atoms with Crippen molar-refractivity contribution < 1.29 is 9.53 Å². The number of anilines is 1. The lowest BCUT2D eigenvalue weighted by molar-refractivity contribution is 0.0636. The van der Waals surface area contributed by atoms with Gasteiger partial charge in [0, 0.05) is 0 Å². The summed E-state index contributed by atoms with van der Waals surface area (Å²) in [6.07, 6.45) is -0.659. The second kappa shape index (κ2) is 5.06. The molecule has 0 radical (unpaired) electrons. The first-order valence-electron chi connectivity index (χ1n) is 4.88. The summed E-state index contributed by atoms with van der Waals surface area (Å²) in [5.74, 6) is 0.426. The molecule has 0 saturated carbocycles. The third-order valence-electron chi connectivity index (χ3n) is 1.56. The summed E-state index contributed by atoms with van der Waals surface area (Å²) in [4.78, 5) is 19.3. The standard InChI is InChI=1S/C10H13Cl2N3O2/c1-5-13-7(11)6(8(12)14-5)15-9(16)17-10(2,3)4/h1-4H3,(H,15,16). The monoisotopic (exact) mass is 277 g/mol. The van der Waals surface area contributed by atoms with Crippen LogP contribution in [0.5, 0.6) is 0 Å². The van der Waals surface area contributed by atoms with Gasteiger partial charge >= 0.3 is 6.09 Å². The van der Waals surface area contributed by atoms with Crippen LogP contribution in [0.1, 0.15) is 26.6 Å². The number of carbonyl (C=O) groups excluding carboxylic acids is 1. The van der Waals surface area contributed by atoms with E-state index in [-0.39, 0.29) is 16.0 Å². The Labute approximate surface area is 109 Å². The van der Waals surface area contributed by atoms with E-state index in [0.29, 0.717) is 5.82 Å². The zero-order chi connectivity index (χ0) is 13.2. The first-order valence-corrected chi connectivity index (χ1v) is 5.64. The molecule has 0 unspecified atom stereocenters. The van der Waals surface area contributed by atoms with Crippen molar-refractivity contribution in [3.63, 3.8) is 0 Å². The van der Waals surface area contributed by atoms with E-state index in [1.807, 2.05) is 0 Å². The molecule has 0 bridgehead atoms. The van der Waals surface area contributed by atoms with Gasteiger partial charge in [0.25, 0.3) is 0 Å². The predicted molar refractivity (Wildman–Crippen MR) is 66.6 cm³/mol. The highest BCUT2D eigenvalue weighted by molar-refractivity contribution is 6.38. The first kappa shape index (κ1) is 14.0. The first-order chi connectivity index (χ1) is 7.69. The Balaban J connectivity index is 2.86. The van der Waals surface area contributed by atoms with Crippen molar-refractivity contribution in [2.75, 3.05) is 5.32 Å². The molecule has 94 valence electrons. The maximum atomic E-state index is 11.5. The number of carbonyl (C=O) groups is 1. The molecule has 7 heteroatoms. The Morgan fingerprint density at radius 1 is 1.24 bits per heavy atom. The summed E-state index contributed by atoms with van der Waals surface area (Å²) in [6.45, 7) is 6.90. The van der Waals surface area contributed by atoms with Crippen molar-refractivity contribution in [3.8, 4) is 0 Å². The van der Waals surface area contributed by atoms with Gasteiger partial charge in [-0.15, -0.1) is 0 Å². The van der Waals surface area contributed by atoms with Gasteiger partial charge in [0.15, 0.2) is 10.3 Å². The number of aryl methyl sites for hydroxylation is 1. The third kappa shape index (κ3) is 4.36. The number of nitrogens with one attached hydrogen (secondary N) is 1. The molecule has 1 aromatic rings. The molecule has 1 heterocycles. The van der Waals surface area contributed by atoms with Crippen LogP contribution < -0.4 is 5.32 Å². The van der Waals surface area contributed by atoms with Crippen LogP contribution >= 0.6 is 23.2 Å². The molecule has 0 spiro atoms. The largest absolute Gasteiger partial charge is 0.444 e. The number of halogens is 2. The van der Waals surface area contributed by atoms with E-state index in [1.54, 1.807) is 27.7 Å². The van der Waals surface area contributed by atoms with Crippen LogP contribution in [-0.4, -0.2) is 21.7 Å². The van der Waals surface area contributed by atoms with E-state index in [2.05, 4.69) is 15.3 Å². The normalized spacial score (nSPS) is 11.2. The van der Waals surface area contributed by atoms with Crippen LogP contribution in [0.15, 0.2) is 0 Å². The second-order valence-corrected chi connectivity index (χ2v) is 5.07. The van der Waals surface area contributed by atoms with Crippen molar-refractivity contribution >= 4 is 35.0 Å². The van der Waals surface area contributed by atoms with Crippen molar-refractivity contribution in [1.29, 1.82) is 0 Å². The smallest absolute Gasteiger partial charge is 0.412 e. The number of rotatable bonds is 1. The molecule has 1 N–H and O–H groups in total. The molecule has 0 atom stereocenters. The van der Waals surface area contributed by atoms with Gasteiger partial charge in [-0.1, -0.05) is 23.2 Å². The number of aromatic nitrogens is 2. The zero-order valence-corrected chi connectivity index (χ0v) is 11.5. The Morgan fingerprint density at radius 2 is 1.71 bits per heavy atom. The van der Waals surface area contributed by atoms with E-state index in [0.717, 1.165) is 0 Å². The molecule has 17 heavy (non-hydrogen) atoms. The van der Waals surface area contributed by atoms with Gasteiger partial charge < -0.3 is 4.74 Å². The van der Waals surface area contributed by atoms with Gasteiger partial charge in [0.05, 0.1) is 0 Å². The maximum Gasteiger partial charge on any atom is 0.412 e. The number of amides is 1. The minimum absolute atomic E-state index is 0.0772. The Kier molecular flexibility index (Phi) is 4.16. The molecular weight excluding hydrogens is 265 g/mol. The van der Waals surface area contributed by atoms with Gasteiger partial charge in [-0.2, -0.15) is 0 Å². The Bertz CT molecular complexity index is 421. The molecule has 1 amide bonds. The van der Waals surface area contributed by atoms with E-state index in [9.17, 15) is 4.79 Å². The average molecular weight is 278 g/mol. The second-order valence-electron chi connectivity index (χ2n) is 4.35. The molecule has 0 fully saturated rings. The number of hydrogen-bond donors (Lipinski definition) is 1. The summed E-state index contributed by atoms with van der Waals surface area (Å²) in [5.41, 5.74) is -0.456. The fourth-order valence-electron chi connectivity index (χ4n) is 1.01. The molecule has 5 nitrogen and oxygen atoms in total. The van der Waals surface area contributed by atoms with Crippen LogP contribution in [0.2, 0.25) is 10.3 Å². The summed E-state index contributed by atoms with van der Waals surface area (Å²) < 4.78 is 5.06. The van der Waals surface area contributed by atoms with Crippen molar-refractivity contribution in [2.45, 2.75) is 33.3 Å². The predicted octanol–water partition coefficient (Wildman–Crippen LogP) is 3.44. The molecule has 0 aliphatic heterocycles. The topological polar surface area (TPSA) is 64.1 Å². The van der Waals surface area contributed by atoms with Crippen LogP contribution in [0, 0.1) is 6.92 Å². The van der Waals surface area contributed by atoms with E-state index < -0.39 is 11.7 Å². The average Bonchev–Trinajstić information content (AvgIpc) is 2.08. The van der Waals surface area contributed by atoms with Gasteiger partial charge in [-0.25, -0.2) is 14.8 Å². The minimum Gasteiger partial charge on any atom is -0.444 e. The van der Waals surface area contributed by atoms with Crippen LogP contribution in [0.4, 0.5) is 10.5 Å². The fourth-order valence-corrected chi connectivity index (χ4v) is 1.58. The van der Waals surface area contributed by atoms with Crippen LogP contribution in [-0.2, 0) is 4.74 Å². The van der Waals surface area contributed by atoms with Crippen LogP contribution in [0.25, 0.3) is 0 Å². The van der Waals surface area contributed by atoms with E-state index >= 15 is 0 Å². The summed E-state index contributed by atoms with van der Waals surface area (Å²) in [5, 5.41) is 2.57. The van der Waals surface area contributed by atoms with Crippen molar-refractivity contribution in [3.05, 3.63) is 16.1 Å². The summed E-state index contributed by atoms with van der Waals surface area (Å²) in [7, 11) is 0. The number of ether oxygens (including phenoxy) is 1. The van der Waals surface area contributed by atoms with Gasteiger partial charge in [-0.05, 0) is 27.7 Å². The molecule has 0 aliphatic carbocycles. The maximum absolute atomic E-state index is 11.5. The van der Waals surface area contributed by atoms with Crippen molar-refractivity contribution in [2.24, 2.45) is 0 Å². The molecule has 1 rings (SSSR count). The highest BCUT2D eigenvalue weighted by Gasteiger charge is 2.19. The van der Waals surface area contributed by atoms with Gasteiger partial charge in [0.1, 0.15) is 17.1 Å². The zero-order valence-electron chi connectivity index (χ0n) is 9.97. The lowest BCUT2D eigenvalue weighted by atomic mass is 10.2. The van der Waals surface area contributed by atoms with E-state index in [4.69, 9.17) is 27.9 Å². The number of nitrogens with zero attached hydrogens (tertiary/aromatic N) is 2. The van der Waals surface area contributed by atoms with Crippen LogP contribution in [0.3, 0.4) is 0 Å². The summed E-state index contributed by atoms with van der Waals surface area (Å²) in [6, 6.07) is 0. The Hall–Kier alpha value is -1.07. The highest BCUT2D eigenvalue weighted by atomic mass is 35.5. The third-order valence-corrected chi connectivity index (χ3v) is 2.11. The lowest BCUT2D eigenvalue weighted by Crippen LogP contribution is -2.27. The fraction of sp³-hybridized carbons (Fsp3) is 0.500. The number of hydrogen-bond acceptors (Lipinski definition) is 4. The Morgan fingerprint density at radius 3 is 2.12 bits per heavy atom. The van der Waals surface area contributed by atoms with E-state index in [1.165, 1.54) is 0 Å². The molecular formula is C10H13Cl2N3O2. The molecule has 0 saturated heterocycles. The lowest BCUT2D eigenvalue weighted by Gasteiger charge is -2.20. The SMILES string of the molecule is Cc1nc(Cl)c(NC(=O)OC(C)(C)C)c(Cl)n1. The minimum atomic E-state index is -0.659. The molecule has 0 aromatic carbocycles. The highest BCUT2D eigenvalue weighted by Crippen LogP contribution is 2.27. The molecule has 1 aromatic heterocycles. The van der Waals surface area contributed by atoms with Gasteiger partial charge in [0.2, 0.25) is 0 Å². The quantitative estimate of drug-likeness (QED) is 0.799. The summed E-state index contributed by atoms with van der Waals surface area (Å²) >= 11 is 11.7.